The average Bonchev–Trinajstić information content (AvgIpc) is 2.34. The van der Waals surface area contributed by atoms with Gasteiger partial charge in [0.05, 0.1) is 23.0 Å². The Labute approximate surface area is 117 Å². The molecule has 0 radical (unpaired) electrons. The van der Waals surface area contributed by atoms with E-state index >= 15 is 0 Å². The van der Waals surface area contributed by atoms with Crippen LogP contribution in [0.5, 0.6) is 0 Å². The Balaban J connectivity index is 2.32. The zero-order valence-corrected chi connectivity index (χ0v) is 11.4. The summed E-state index contributed by atoms with van der Waals surface area (Å²) in [6, 6.07) is 11.3. The minimum Gasteiger partial charge on any atom is -0.352 e. The maximum atomic E-state index is 13.7. The van der Waals surface area contributed by atoms with Crippen LogP contribution in [0, 0.1) is 17.1 Å². The predicted molar refractivity (Wildman–Crippen MR) is 73.5 cm³/mol. The van der Waals surface area contributed by atoms with E-state index in [1.165, 1.54) is 12.1 Å². The summed E-state index contributed by atoms with van der Waals surface area (Å²) < 4.78 is 14.4. The van der Waals surface area contributed by atoms with Gasteiger partial charge in [-0.15, -0.1) is 0 Å². The molecule has 2 aromatic carbocycles. The second-order valence-corrected chi connectivity index (χ2v) is 4.85. The van der Waals surface area contributed by atoms with Crippen LogP contribution in [0.4, 0.5) is 15.8 Å². The molecule has 2 nitrogen and oxygen atoms in total. The topological polar surface area (TPSA) is 35.8 Å². The van der Waals surface area contributed by atoms with Crippen LogP contribution >= 0.6 is 27.5 Å². The lowest BCUT2D eigenvalue weighted by Gasteiger charge is -2.09. The average molecular weight is 326 g/mol. The van der Waals surface area contributed by atoms with E-state index in [0.717, 1.165) is 4.47 Å². The third-order valence-corrected chi connectivity index (χ3v) is 3.19. The molecule has 0 fully saturated rings. The minimum absolute atomic E-state index is 0.285. The number of rotatable bonds is 2. The molecule has 5 heteroatoms. The first-order valence-corrected chi connectivity index (χ1v) is 6.19. The maximum absolute atomic E-state index is 13.7. The zero-order chi connectivity index (χ0) is 13.1. The van der Waals surface area contributed by atoms with Gasteiger partial charge in [-0.05, 0) is 52.3 Å². The van der Waals surface area contributed by atoms with Gasteiger partial charge in [-0.3, -0.25) is 0 Å². The van der Waals surface area contributed by atoms with Crippen LogP contribution < -0.4 is 5.32 Å². The molecule has 18 heavy (non-hydrogen) atoms. The fourth-order valence-corrected chi connectivity index (χ4v) is 2.20. The van der Waals surface area contributed by atoms with E-state index in [2.05, 4.69) is 21.2 Å². The first-order valence-electron chi connectivity index (χ1n) is 5.02. The second-order valence-electron chi connectivity index (χ2n) is 3.56. The monoisotopic (exact) mass is 324 g/mol. The van der Waals surface area contributed by atoms with E-state index in [-0.39, 0.29) is 5.56 Å². The van der Waals surface area contributed by atoms with Crippen LogP contribution in [0.25, 0.3) is 0 Å². The Morgan fingerprint density at radius 2 is 1.89 bits per heavy atom. The second kappa shape index (κ2) is 5.38. The van der Waals surface area contributed by atoms with Gasteiger partial charge in [0.2, 0.25) is 0 Å². The van der Waals surface area contributed by atoms with Crippen molar-refractivity contribution in [3.05, 3.63) is 57.3 Å². The molecule has 0 atom stereocenters. The van der Waals surface area contributed by atoms with Gasteiger partial charge in [-0.1, -0.05) is 11.6 Å². The highest BCUT2D eigenvalue weighted by Crippen LogP contribution is 2.29. The number of benzene rings is 2. The number of nitrogens with zero attached hydrogens (tertiary/aromatic N) is 1. The fraction of sp³-hybridized carbons (Fsp3) is 0. The molecule has 1 N–H and O–H groups in total. The van der Waals surface area contributed by atoms with Crippen molar-refractivity contribution in [2.45, 2.75) is 0 Å². The molecular formula is C13H7BrClFN2. The molecule has 0 amide bonds. The predicted octanol–water partition coefficient (Wildman–Crippen LogP) is 4.86. The van der Waals surface area contributed by atoms with Gasteiger partial charge in [0.15, 0.2) is 0 Å². The molecule has 0 unspecified atom stereocenters. The molecule has 0 saturated heterocycles. The smallest absolute Gasteiger partial charge is 0.147 e. The first-order chi connectivity index (χ1) is 8.60. The van der Waals surface area contributed by atoms with Crippen LogP contribution in [0.1, 0.15) is 5.56 Å². The largest absolute Gasteiger partial charge is 0.352 e. The van der Waals surface area contributed by atoms with Crippen molar-refractivity contribution < 1.29 is 4.39 Å². The third kappa shape index (κ3) is 2.81. The summed E-state index contributed by atoms with van der Waals surface area (Å²) in [6.45, 7) is 0. The Bertz CT molecular complexity index is 637. The van der Waals surface area contributed by atoms with Gasteiger partial charge < -0.3 is 5.32 Å². The van der Waals surface area contributed by atoms with Crippen LogP contribution in [-0.4, -0.2) is 0 Å². The molecule has 2 aromatic rings. The summed E-state index contributed by atoms with van der Waals surface area (Å²) in [5, 5.41) is 12.2. The van der Waals surface area contributed by atoms with E-state index < -0.39 is 5.82 Å². The number of nitrogens with one attached hydrogen (secondary N) is 1. The summed E-state index contributed by atoms with van der Waals surface area (Å²) in [5.74, 6) is -0.476. The molecule has 0 aromatic heterocycles. The molecule has 0 aliphatic rings. The quantitative estimate of drug-likeness (QED) is 0.856. The van der Waals surface area contributed by atoms with Gasteiger partial charge in [0.25, 0.3) is 0 Å². The zero-order valence-electron chi connectivity index (χ0n) is 9.05. The van der Waals surface area contributed by atoms with E-state index in [9.17, 15) is 4.39 Å². The van der Waals surface area contributed by atoms with Crippen molar-refractivity contribution in [3.63, 3.8) is 0 Å². The van der Waals surface area contributed by atoms with Gasteiger partial charge >= 0.3 is 0 Å². The van der Waals surface area contributed by atoms with Crippen molar-refractivity contribution in [1.82, 2.24) is 0 Å². The van der Waals surface area contributed by atoms with Gasteiger partial charge in [-0.2, -0.15) is 5.26 Å². The molecule has 0 bridgehead atoms. The minimum atomic E-state index is -0.476. The Kier molecular flexibility index (Phi) is 3.85. The summed E-state index contributed by atoms with van der Waals surface area (Å²) in [5.41, 5.74) is 1.29. The molecule has 0 saturated carbocycles. The van der Waals surface area contributed by atoms with Crippen LogP contribution in [0.3, 0.4) is 0 Å². The number of nitriles is 1. The molecule has 0 aliphatic heterocycles. The van der Waals surface area contributed by atoms with Crippen molar-refractivity contribution in [2.75, 3.05) is 5.32 Å². The Morgan fingerprint density at radius 1 is 1.17 bits per heavy atom. The highest BCUT2D eigenvalue weighted by molar-refractivity contribution is 9.10. The maximum Gasteiger partial charge on any atom is 0.147 e. The highest BCUT2D eigenvalue weighted by Gasteiger charge is 2.06. The van der Waals surface area contributed by atoms with E-state index in [0.29, 0.717) is 16.4 Å². The van der Waals surface area contributed by atoms with Crippen LogP contribution in [0.2, 0.25) is 5.02 Å². The normalized spacial score (nSPS) is 9.89. The summed E-state index contributed by atoms with van der Waals surface area (Å²) in [6.07, 6.45) is 0. The standard InChI is InChI=1S/C13H7BrClFN2/c14-10-6-9(15)2-4-12(10)18-13-3-1-8(7-17)5-11(13)16/h1-6,18H. The van der Waals surface area contributed by atoms with Crippen LogP contribution in [-0.2, 0) is 0 Å². The third-order valence-electron chi connectivity index (χ3n) is 2.30. The lowest BCUT2D eigenvalue weighted by Crippen LogP contribution is -1.95. The molecular weight excluding hydrogens is 319 g/mol. The van der Waals surface area contributed by atoms with Gasteiger partial charge in [0, 0.05) is 9.50 Å². The van der Waals surface area contributed by atoms with E-state index in [4.69, 9.17) is 16.9 Å². The molecule has 0 heterocycles. The van der Waals surface area contributed by atoms with Gasteiger partial charge in [-0.25, -0.2) is 4.39 Å². The first kappa shape index (κ1) is 12.9. The van der Waals surface area contributed by atoms with Crippen molar-refractivity contribution in [3.8, 4) is 6.07 Å². The van der Waals surface area contributed by atoms with Crippen molar-refractivity contribution >= 4 is 38.9 Å². The van der Waals surface area contributed by atoms with Gasteiger partial charge in [0.1, 0.15) is 5.82 Å². The molecule has 0 spiro atoms. The van der Waals surface area contributed by atoms with E-state index in [1.54, 1.807) is 24.3 Å². The van der Waals surface area contributed by atoms with Crippen molar-refractivity contribution in [2.24, 2.45) is 0 Å². The lowest BCUT2D eigenvalue weighted by molar-refractivity contribution is 0.631. The summed E-state index contributed by atoms with van der Waals surface area (Å²) in [4.78, 5) is 0. The van der Waals surface area contributed by atoms with Crippen LogP contribution in [0.15, 0.2) is 40.9 Å². The highest BCUT2D eigenvalue weighted by atomic mass is 79.9. The molecule has 0 aliphatic carbocycles. The number of halogens is 3. The number of hydrogen-bond acceptors (Lipinski definition) is 2. The lowest BCUT2D eigenvalue weighted by atomic mass is 10.2. The Hall–Kier alpha value is -1.57. The molecule has 2 rings (SSSR count). The number of anilines is 2. The summed E-state index contributed by atoms with van der Waals surface area (Å²) >= 11 is 9.16. The van der Waals surface area contributed by atoms with E-state index in [1.807, 2.05) is 6.07 Å². The SMILES string of the molecule is N#Cc1ccc(Nc2ccc(Cl)cc2Br)c(F)c1. The molecule has 90 valence electrons. The summed E-state index contributed by atoms with van der Waals surface area (Å²) in [7, 11) is 0. The number of hydrogen-bond donors (Lipinski definition) is 1. The Morgan fingerprint density at radius 3 is 2.50 bits per heavy atom. The fourth-order valence-electron chi connectivity index (χ4n) is 1.42. The van der Waals surface area contributed by atoms with Crippen molar-refractivity contribution in [1.29, 1.82) is 5.26 Å².